The molecular weight excluding hydrogens is 310 g/mol. The van der Waals surface area contributed by atoms with Crippen LogP contribution in [0.15, 0.2) is 30.5 Å². The van der Waals surface area contributed by atoms with Crippen molar-refractivity contribution in [1.29, 1.82) is 0 Å². The molecule has 1 aromatic heterocycles. The Kier molecular flexibility index (Phi) is 3.88. The molecule has 0 unspecified atom stereocenters. The minimum Gasteiger partial charge on any atom is -0.486 e. The minimum absolute atomic E-state index is 0.251. The van der Waals surface area contributed by atoms with E-state index in [0.717, 1.165) is 0 Å². The Hall–Kier alpha value is -2.67. The maximum atomic E-state index is 12.1. The number of rotatable bonds is 2. The molecule has 0 atom stereocenters. The number of aromatic nitrogens is 1. The molecule has 2 aromatic rings. The maximum absolute atomic E-state index is 12.1. The van der Waals surface area contributed by atoms with Crippen molar-refractivity contribution in [2.24, 2.45) is 0 Å². The molecule has 1 aromatic carbocycles. The van der Waals surface area contributed by atoms with Crippen LogP contribution in [-0.4, -0.2) is 30.0 Å². The van der Waals surface area contributed by atoms with Crippen LogP contribution in [0.5, 0.6) is 11.5 Å². The third-order valence-corrected chi connectivity index (χ3v) is 3.27. The van der Waals surface area contributed by atoms with E-state index in [1.54, 1.807) is 18.3 Å². The second-order valence-corrected chi connectivity index (χ2v) is 4.88. The van der Waals surface area contributed by atoms with Crippen LogP contribution >= 0.6 is 11.6 Å². The zero-order valence-electron chi connectivity index (χ0n) is 11.3. The fourth-order valence-corrected chi connectivity index (χ4v) is 2.23. The molecule has 0 saturated heterocycles. The molecule has 0 fully saturated rings. The van der Waals surface area contributed by atoms with Crippen molar-refractivity contribution in [1.82, 2.24) is 15.8 Å². The molecule has 0 spiro atoms. The van der Waals surface area contributed by atoms with Gasteiger partial charge in [-0.05, 0) is 24.3 Å². The van der Waals surface area contributed by atoms with Crippen molar-refractivity contribution in [3.05, 3.63) is 46.7 Å². The van der Waals surface area contributed by atoms with Crippen molar-refractivity contribution >= 4 is 23.4 Å². The molecule has 0 aliphatic carbocycles. The van der Waals surface area contributed by atoms with Gasteiger partial charge in [-0.3, -0.25) is 20.4 Å². The van der Waals surface area contributed by atoms with Gasteiger partial charge in [0.2, 0.25) is 0 Å². The Morgan fingerprint density at radius 3 is 2.68 bits per heavy atom. The number of hydrogen-bond donors (Lipinski definition) is 3. The van der Waals surface area contributed by atoms with Crippen molar-refractivity contribution in [3.63, 3.8) is 0 Å². The van der Waals surface area contributed by atoms with Crippen LogP contribution in [-0.2, 0) is 0 Å². The summed E-state index contributed by atoms with van der Waals surface area (Å²) in [5.41, 5.74) is 5.19. The average molecular weight is 322 g/mol. The van der Waals surface area contributed by atoms with Crippen LogP contribution in [0.1, 0.15) is 20.8 Å². The second-order valence-electron chi connectivity index (χ2n) is 4.47. The number of fused-ring (bicyclic) bond motifs is 1. The third kappa shape index (κ3) is 2.84. The fourth-order valence-electron chi connectivity index (χ4n) is 1.97. The van der Waals surface area contributed by atoms with E-state index in [9.17, 15) is 9.59 Å². The predicted molar refractivity (Wildman–Crippen MR) is 78.2 cm³/mol. The normalized spacial score (nSPS) is 12.6. The highest BCUT2D eigenvalue weighted by Gasteiger charge is 2.19. The fraction of sp³-hybridized carbons (Fsp3) is 0.143. The Morgan fingerprint density at radius 2 is 1.91 bits per heavy atom. The summed E-state index contributed by atoms with van der Waals surface area (Å²) in [4.78, 5) is 26.5. The number of carbonyl (C=O) groups is 2. The van der Waals surface area contributed by atoms with E-state index >= 15 is 0 Å². The van der Waals surface area contributed by atoms with E-state index in [0.29, 0.717) is 30.4 Å². The van der Waals surface area contributed by atoms with Gasteiger partial charge in [0, 0.05) is 11.8 Å². The van der Waals surface area contributed by atoms with Gasteiger partial charge in [-0.2, -0.15) is 0 Å². The summed E-state index contributed by atoms with van der Waals surface area (Å²) in [6.45, 7) is 0.794. The largest absolute Gasteiger partial charge is 0.486 e. The summed E-state index contributed by atoms with van der Waals surface area (Å²) in [7, 11) is 0. The number of halogens is 1. The van der Waals surface area contributed by atoms with E-state index in [1.165, 1.54) is 12.1 Å². The lowest BCUT2D eigenvalue weighted by Gasteiger charge is -2.20. The van der Waals surface area contributed by atoms with Crippen molar-refractivity contribution < 1.29 is 19.1 Å². The average Bonchev–Trinajstić information content (AvgIpc) is 3.06. The summed E-state index contributed by atoms with van der Waals surface area (Å²) in [5.74, 6) is -0.153. The number of carbonyl (C=O) groups excluding carboxylic acids is 2. The molecule has 2 heterocycles. The number of aromatic amines is 1. The first kappa shape index (κ1) is 14.3. The van der Waals surface area contributed by atoms with Gasteiger partial charge in [0.15, 0.2) is 11.5 Å². The van der Waals surface area contributed by atoms with E-state index in [-0.39, 0.29) is 10.6 Å². The topological polar surface area (TPSA) is 92.5 Å². The van der Waals surface area contributed by atoms with Crippen LogP contribution in [0.25, 0.3) is 0 Å². The molecule has 0 bridgehead atoms. The second kappa shape index (κ2) is 5.98. The van der Waals surface area contributed by atoms with Crippen LogP contribution in [0, 0.1) is 0 Å². The molecule has 1 aliphatic heterocycles. The van der Waals surface area contributed by atoms with Gasteiger partial charge in [-0.1, -0.05) is 11.6 Å². The lowest BCUT2D eigenvalue weighted by molar-refractivity contribution is 0.0843. The first-order valence-corrected chi connectivity index (χ1v) is 6.86. The zero-order chi connectivity index (χ0) is 15.5. The molecule has 3 N–H and O–H groups in total. The lowest BCUT2D eigenvalue weighted by Crippen LogP contribution is -2.41. The predicted octanol–water partition coefficient (Wildman–Crippen LogP) is 1.51. The quantitative estimate of drug-likeness (QED) is 0.731. The van der Waals surface area contributed by atoms with Crippen LogP contribution in [0.2, 0.25) is 5.02 Å². The first-order chi connectivity index (χ1) is 10.6. The summed E-state index contributed by atoms with van der Waals surface area (Å²) < 4.78 is 10.8. The first-order valence-electron chi connectivity index (χ1n) is 6.48. The lowest BCUT2D eigenvalue weighted by atomic mass is 10.2. The summed E-state index contributed by atoms with van der Waals surface area (Å²) >= 11 is 6.06. The third-order valence-electron chi connectivity index (χ3n) is 2.99. The van der Waals surface area contributed by atoms with Crippen LogP contribution in [0.4, 0.5) is 0 Å². The van der Waals surface area contributed by atoms with Gasteiger partial charge < -0.3 is 14.5 Å². The number of benzene rings is 1. The smallest absolute Gasteiger partial charge is 0.286 e. The Bertz CT molecular complexity index is 715. The minimum atomic E-state index is -0.515. The molecule has 8 heteroatoms. The number of amides is 2. The monoisotopic (exact) mass is 321 g/mol. The summed E-state index contributed by atoms with van der Waals surface area (Å²) in [6.07, 6.45) is 1.61. The highest BCUT2D eigenvalue weighted by atomic mass is 35.5. The van der Waals surface area contributed by atoms with Gasteiger partial charge in [0.05, 0.1) is 5.02 Å². The number of hydrogen-bond acceptors (Lipinski definition) is 4. The van der Waals surface area contributed by atoms with Gasteiger partial charge in [0.1, 0.15) is 18.9 Å². The van der Waals surface area contributed by atoms with Gasteiger partial charge in [-0.25, -0.2) is 0 Å². The highest BCUT2D eigenvalue weighted by Crippen LogP contribution is 2.38. The molecule has 2 amide bonds. The summed E-state index contributed by atoms with van der Waals surface area (Å²) in [5, 5.41) is 0.276. The molecule has 0 radical (unpaired) electrons. The molecular formula is C14H12ClN3O4. The van der Waals surface area contributed by atoms with Gasteiger partial charge >= 0.3 is 0 Å². The number of ether oxygens (including phenoxy) is 2. The maximum Gasteiger partial charge on any atom is 0.286 e. The molecule has 114 valence electrons. The SMILES string of the molecule is O=C(NNC(=O)c1ccc[nH]1)c1cc(Cl)c2c(c1)OCCO2. The number of nitrogens with one attached hydrogen (secondary N) is 3. The molecule has 0 saturated carbocycles. The standard InChI is InChI=1S/C14H12ClN3O4/c15-9-6-8(7-11-12(9)22-5-4-21-11)13(19)17-18-14(20)10-2-1-3-16-10/h1-3,6-7,16H,4-5H2,(H,17,19)(H,18,20). The van der Waals surface area contributed by atoms with Crippen molar-refractivity contribution in [2.75, 3.05) is 13.2 Å². The molecule has 7 nitrogen and oxygen atoms in total. The Labute approximate surface area is 130 Å². The molecule has 1 aliphatic rings. The van der Waals surface area contributed by atoms with Crippen LogP contribution < -0.4 is 20.3 Å². The van der Waals surface area contributed by atoms with E-state index in [1.807, 2.05) is 0 Å². The van der Waals surface area contributed by atoms with Crippen molar-refractivity contribution in [3.8, 4) is 11.5 Å². The van der Waals surface area contributed by atoms with Gasteiger partial charge in [0.25, 0.3) is 11.8 Å². The van der Waals surface area contributed by atoms with Gasteiger partial charge in [-0.15, -0.1) is 0 Å². The highest BCUT2D eigenvalue weighted by molar-refractivity contribution is 6.32. The number of hydrazine groups is 1. The molecule has 3 rings (SSSR count). The Balaban J connectivity index is 1.70. The van der Waals surface area contributed by atoms with Crippen molar-refractivity contribution in [2.45, 2.75) is 0 Å². The number of H-pyrrole nitrogens is 1. The van der Waals surface area contributed by atoms with E-state index in [4.69, 9.17) is 21.1 Å². The molecule has 22 heavy (non-hydrogen) atoms. The van der Waals surface area contributed by atoms with Crippen LogP contribution in [0.3, 0.4) is 0 Å². The Morgan fingerprint density at radius 1 is 1.14 bits per heavy atom. The van der Waals surface area contributed by atoms with E-state index in [2.05, 4.69) is 15.8 Å². The zero-order valence-corrected chi connectivity index (χ0v) is 12.1. The van der Waals surface area contributed by atoms with E-state index < -0.39 is 11.8 Å². The summed E-state index contributed by atoms with van der Waals surface area (Å²) in [6, 6.07) is 6.22.